The molecular formula is C38H45N3O2S. The Labute approximate surface area is 263 Å². The highest BCUT2D eigenvalue weighted by molar-refractivity contribution is 7.92. The number of benzene rings is 3. The van der Waals surface area contributed by atoms with E-state index < -0.39 is 10.0 Å². The maximum absolute atomic E-state index is 13.8. The third-order valence-corrected chi connectivity index (χ3v) is 10.8. The lowest BCUT2D eigenvalue weighted by molar-refractivity contribution is 0.213. The second-order valence-corrected chi connectivity index (χ2v) is 16.9. The third-order valence-electron chi connectivity index (χ3n) is 9.50. The monoisotopic (exact) mass is 607 g/mol. The van der Waals surface area contributed by atoms with Gasteiger partial charge in [0.25, 0.3) is 10.0 Å². The summed E-state index contributed by atoms with van der Waals surface area (Å²) in [7, 11) is -3.91. The molecule has 1 aliphatic carbocycles. The number of nitrogens with one attached hydrogen (secondary N) is 1. The molecule has 6 rings (SSSR count). The number of rotatable bonds is 2. The molecule has 0 saturated heterocycles. The SMILES string of the molecule is Cc1cccc(C)c1-c1cc2nc(n1)NS(=O)(=O)c1cccc(c1)C1Cc3cc(C(C)(C)C)ccc3[C@@H](C2)[C@H]1CC(C)(C)C. The molecule has 3 aromatic carbocycles. The molecule has 1 unspecified atom stereocenters. The van der Waals surface area contributed by atoms with Crippen molar-refractivity contribution in [3.05, 3.63) is 106 Å². The molecular weight excluding hydrogens is 563 g/mol. The second kappa shape index (κ2) is 10.8. The molecule has 5 nitrogen and oxygen atoms in total. The van der Waals surface area contributed by atoms with E-state index in [2.05, 4.69) is 103 Å². The molecule has 2 aliphatic rings. The van der Waals surface area contributed by atoms with E-state index in [0.29, 0.717) is 12.3 Å². The average Bonchev–Trinajstić information content (AvgIpc) is 2.92. The summed E-state index contributed by atoms with van der Waals surface area (Å²) in [5.74, 6) is 0.811. The number of hydrogen-bond acceptors (Lipinski definition) is 4. The molecule has 2 heterocycles. The maximum Gasteiger partial charge on any atom is 0.264 e. The predicted octanol–water partition coefficient (Wildman–Crippen LogP) is 8.89. The van der Waals surface area contributed by atoms with Gasteiger partial charge in [-0.1, -0.05) is 90.1 Å². The minimum Gasteiger partial charge on any atom is -0.247 e. The molecule has 1 N–H and O–H groups in total. The van der Waals surface area contributed by atoms with Gasteiger partial charge < -0.3 is 0 Å². The summed E-state index contributed by atoms with van der Waals surface area (Å²) in [5, 5.41) is 0. The van der Waals surface area contributed by atoms with Crippen molar-refractivity contribution >= 4 is 16.0 Å². The van der Waals surface area contributed by atoms with Gasteiger partial charge in [0.15, 0.2) is 0 Å². The van der Waals surface area contributed by atoms with Crippen molar-refractivity contribution in [2.75, 3.05) is 4.72 Å². The van der Waals surface area contributed by atoms with Crippen LogP contribution in [0.1, 0.15) is 98.9 Å². The molecule has 0 spiro atoms. The molecule has 0 fully saturated rings. The van der Waals surface area contributed by atoms with E-state index in [1.807, 2.05) is 18.2 Å². The van der Waals surface area contributed by atoms with Gasteiger partial charge >= 0.3 is 0 Å². The van der Waals surface area contributed by atoms with E-state index in [1.54, 1.807) is 6.07 Å². The Morgan fingerprint density at radius 3 is 2.20 bits per heavy atom. The Hall–Kier alpha value is -3.51. The molecule has 1 aromatic heterocycles. The smallest absolute Gasteiger partial charge is 0.247 e. The topological polar surface area (TPSA) is 72.0 Å². The van der Waals surface area contributed by atoms with E-state index in [1.165, 1.54) is 16.7 Å². The Balaban J connectivity index is 1.63. The van der Waals surface area contributed by atoms with Gasteiger partial charge in [0, 0.05) is 11.3 Å². The Bertz CT molecular complexity index is 1830. The van der Waals surface area contributed by atoms with Crippen molar-refractivity contribution in [3.8, 4) is 11.3 Å². The summed E-state index contributed by atoms with van der Waals surface area (Å²) in [6, 6.07) is 22.9. The van der Waals surface area contributed by atoms with Crippen molar-refractivity contribution in [3.63, 3.8) is 0 Å². The lowest BCUT2D eigenvalue weighted by Crippen LogP contribution is -2.33. The van der Waals surface area contributed by atoms with Gasteiger partial charge in [-0.15, -0.1) is 0 Å². The van der Waals surface area contributed by atoms with Crippen molar-refractivity contribution in [1.29, 1.82) is 0 Å². The summed E-state index contributed by atoms with van der Waals surface area (Å²) in [4.78, 5) is 9.94. The molecule has 44 heavy (non-hydrogen) atoms. The first-order chi connectivity index (χ1) is 20.6. The third kappa shape index (κ3) is 5.93. The van der Waals surface area contributed by atoms with E-state index in [0.717, 1.165) is 46.5 Å². The van der Waals surface area contributed by atoms with Crippen LogP contribution in [0.25, 0.3) is 11.3 Å². The maximum atomic E-state index is 13.8. The minimum atomic E-state index is -3.91. The lowest BCUT2D eigenvalue weighted by Gasteiger charge is -2.43. The molecule has 4 aromatic rings. The van der Waals surface area contributed by atoms with E-state index in [4.69, 9.17) is 9.97 Å². The van der Waals surface area contributed by atoms with Crippen LogP contribution in [0.15, 0.2) is 71.6 Å². The van der Waals surface area contributed by atoms with Gasteiger partial charge in [0.1, 0.15) is 0 Å². The second-order valence-electron chi connectivity index (χ2n) is 15.2. The normalized spacial score (nSPS) is 21.0. The Morgan fingerprint density at radius 2 is 1.52 bits per heavy atom. The fraction of sp³-hybridized carbons (Fsp3) is 0.421. The lowest BCUT2D eigenvalue weighted by atomic mass is 9.61. The van der Waals surface area contributed by atoms with Crippen LogP contribution in [0.2, 0.25) is 0 Å². The number of sulfonamides is 1. The quantitative estimate of drug-likeness (QED) is 0.247. The van der Waals surface area contributed by atoms with Crippen LogP contribution in [0.5, 0.6) is 0 Å². The average molecular weight is 608 g/mol. The Morgan fingerprint density at radius 1 is 0.818 bits per heavy atom. The van der Waals surface area contributed by atoms with Crippen LogP contribution >= 0.6 is 0 Å². The van der Waals surface area contributed by atoms with Crippen LogP contribution in [0.4, 0.5) is 5.95 Å². The molecule has 1 aliphatic heterocycles. The first kappa shape index (κ1) is 30.5. The zero-order chi connectivity index (χ0) is 31.6. The largest absolute Gasteiger partial charge is 0.264 e. The van der Waals surface area contributed by atoms with Gasteiger partial charge in [-0.2, -0.15) is 0 Å². The summed E-state index contributed by atoms with van der Waals surface area (Å²) in [6.45, 7) is 17.9. The van der Waals surface area contributed by atoms with E-state index in [-0.39, 0.29) is 33.5 Å². The first-order valence-corrected chi connectivity index (χ1v) is 17.3. The first-order valence-electron chi connectivity index (χ1n) is 15.8. The number of aromatic nitrogens is 2. The summed E-state index contributed by atoms with van der Waals surface area (Å²) >= 11 is 0. The summed E-state index contributed by atoms with van der Waals surface area (Å²) in [6.07, 6.45) is 2.60. The van der Waals surface area contributed by atoms with Gasteiger partial charge in [0.2, 0.25) is 5.95 Å². The van der Waals surface area contributed by atoms with Crippen LogP contribution < -0.4 is 4.72 Å². The minimum absolute atomic E-state index is 0.0324. The molecule has 0 saturated carbocycles. The number of nitrogens with zero attached hydrogens (tertiary/aromatic N) is 2. The van der Waals surface area contributed by atoms with Crippen molar-refractivity contribution in [2.24, 2.45) is 11.3 Å². The van der Waals surface area contributed by atoms with Gasteiger partial charge in [-0.3, -0.25) is 0 Å². The number of fused-ring (bicyclic) bond motifs is 9. The molecule has 6 heteroatoms. The Kier molecular flexibility index (Phi) is 7.51. The highest BCUT2D eigenvalue weighted by atomic mass is 32.2. The highest BCUT2D eigenvalue weighted by Crippen LogP contribution is 2.51. The summed E-state index contributed by atoms with van der Waals surface area (Å²) < 4.78 is 30.4. The standard InChI is InChI=1S/C38H45N3O2S/c1-23-11-9-12-24(2)35(23)34-21-28-20-32-30-16-15-27(38(6,7)8)17-26(30)19-31(33(32)22-37(3,4)5)25-13-10-14-29(18-25)44(42,43)41-36(39-28)40-34/h9-18,21,31-33H,19-20,22H2,1-8H3,(H,39,40,41)/t31?,32-,33+/m1/s1. The van der Waals surface area contributed by atoms with E-state index in [9.17, 15) is 8.42 Å². The highest BCUT2D eigenvalue weighted by Gasteiger charge is 2.41. The van der Waals surface area contributed by atoms with Crippen molar-refractivity contribution < 1.29 is 8.42 Å². The number of aryl methyl sites for hydroxylation is 2. The number of anilines is 1. The van der Waals surface area contributed by atoms with Crippen molar-refractivity contribution in [1.82, 2.24) is 9.97 Å². The molecule has 0 radical (unpaired) electrons. The summed E-state index contributed by atoms with van der Waals surface area (Å²) in [5.41, 5.74) is 10.1. The van der Waals surface area contributed by atoms with Crippen molar-refractivity contribution in [2.45, 2.75) is 96.8 Å². The van der Waals surface area contributed by atoms with Crippen LogP contribution in [0.3, 0.4) is 0 Å². The van der Waals surface area contributed by atoms with Crippen LogP contribution in [-0.4, -0.2) is 18.4 Å². The van der Waals surface area contributed by atoms with Crippen LogP contribution in [-0.2, 0) is 28.3 Å². The van der Waals surface area contributed by atoms with Crippen LogP contribution in [0, 0.1) is 25.2 Å². The number of hydrogen-bond donors (Lipinski definition) is 1. The molecule has 0 amide bonds. The van der Waals surface area contributed by atoms with Gasteiger partial charge in [0.05, 0.1) is 10.6 Å². The molecule has 3 atom stereocenters. The van der Waals surface area contributed by atoms with Gasteiger partial charge in [-0.05, 0) is 113 Å². The zero-order valence-electron chi connectivity index (χ0n) is 27.3. The molecule has 230 valence electrons. The molecule has 6 bridgehead atoms. The van der Waals surface area contributed by atoms with Gasteiger partial charge in [-0.25, -0.2) is 23.1 Å². The fourth-order valence-corrected chi connectivity index (χ4v) is 8.44. The predicted molar refractivity (Wildman–Crippen MR) is 180 cm³/mol. The van der Waals surface area contributed by atoms with E-state index >= 15 is 0 Å². The fourth-order valence-electron chi connectivity index (χ4n) is 7.44. The zero-order valence-corrected chi connectivity index (χ0v) is 28.1.